The quantitative estimate of drug-likeness (QED) is 0.717. The molecule has 1 atom stereocenters. The van der Waals surface area contributed by atoms with Gasteiger partial charge in [0.25, 0.3) is 11.8 Å². The van der Waals surface area contributed by atoms with E-state index in [2.05, 4.69) is 11.9 Å². The van der Waals surface area contributed by atoms with Crippen LogP contribution in [0.2, 0.25) is 0 Å². The number of nitrogens with zero attached hydrogens (tertiary/aromatic N) is 3. The highest BCUT2D eigenvalue weighted by atomic mass is 16.2. The first-order valence-corrected chi connectivity index (χ1v) is 10.4. The average molecular weight is 405 g/mol. The number of carbonyl (C=O) groups is 3. The van der Waals surface area contributed by atoms with Crippen molar-refractivity contribution < 1.29 is 14.4 Å². The van der Waals surface area contributed by atoms with Gasteiger partial charge < -0.3 is 9.80 Å². The molecule has 0 N–H and O–H groups in total. The fourth-order valence-electron chi connectivity index (χ4n) is 4.41. The Morgan fingerprint density at radius 1 is 0.967 bits per heavy atom. The highest BCUT2D eigenvalue weighted by Crippen LogP contribution is 2.27. The standard InChI is InChI=1S/C24H27N3O3/c1-25-14-12-18(13-15-25)26(2)24(30)21(16-17-8-4-3-5-9-17)27-22(28)19-10-6-7-11-20(19)23(27)29/h3-11,18,21H,12-16H2,1-2H3/t21-/m1/s1. The first-order valence-electron chi connectivity index (χ1n) is 10.4. The van der Waals surface area contributed by atoms with Crippen LogP contribution in [0.5, 0.6) is 0 Å². The number of amides is 3. The average Bonchev–Trinajstić information content (AvgIpc) is 3.03. The summed E-state index contributed by atoms with van der Waals surface area (Å²) in [6.07, 6.45) is 2.08. The van der Waals surface area contributed by atoms with Gasteiger partial charge in [-0.3, -0.25) is 19.3 Å². The Labute approximate surface area is 177 Å². The van der Waals surface area contributed by atoms with Crippen LogP contribution in [0.4, 0.5) is 0 Å². The Morgan fingerprint density at radius 3 is 2.07 bits per heavy atom. The third kappa shape index (κ3) is 3.75. The highest BCUT2D eigenvalue weighted by molar-refractivity contribution is 6.22. The summed E-state index contributed by atoms with van der Waals surface area (Å²) in [4.78, 5) is 45.0. The van der Waals surface area contributed by atoms with E-state index < -0.39 is 6.04 Å². The molecule has 156 valence electrons. The van der Waals surface area contributed by atoms with Crippen molar-refractivity contribution in [1.82, 2.24) is 14.7 Å². The first-order chi connectivity index (χ1) is 14.5. The van der Waals surface area contributed by atoms with Gasteiger partial charge >= 0.3 is 0 Å². The lowest BCUT2D eigenvalue weighted by Crippen LogP contribution is -2.54. The first kappa shape index (κ1) is 20.3. The van der Waals surface area contributed by atoms with E-state index in [1.807, 2.05) is 30.3 Å². The molecule has 1 saturated heterocycles. The molecular weight excluding hydrogens is 378 g/mol. The van der Waals surface area contributed by atoms with Crippen LogP contribution in [0.3, 0.4) is 0 Å². The maximum atomic E-state index is 13.6. The van der Waals surface area contributed by atoms with Crippen molar-refractivity contribution in [3.63, 3.8) is 0 Å². The summed E-state index contributed by atoms with van der Waals surface area (Å²) in [5.41, 5.74) is 1.66. The zero-order valence-electron chi connectivity index (χ0n) is 17.5. The predicted molar refractivity (Wildman–Crippen MR) is 114 cm³/mol. The molecule has 0 saturated carbocycles. The fourth-order valence-corrected chi connectivity index (χ4v) is 4.41. The number of benzene rings is 2. The van der Waals surface area contributed by atoms with E-state index in [0.717, 1.165) is 31.5 Å². The van der Waals surface area contributed by atoms with E-state index >= 15 is 0 Å². The minimum atomic E-state index is -0.857. The van der Waals surface area contributed by atoms with Crippen molar-refractivity contribution in [3.05, 3.63) is 71.3 Å². The molecule has 1 fully saturated rings. The second-order valence-electron chi connectivity index (χ2n) is 8.22. The van der Waals surface area contributed by atoms with E-state index in [9.17, 15) is 14.4 Å². The van der Waals surface area contributed by atoms with Gasteiger partial charge in [0.15, 0.2) is 0 Å². The number of likely N-dealkylation sites (tertiary alicyclic amines) is 1. The Hall–Kier alpha value is -2.99. The molecule has 2 aromatic carbocycles. The topological polar surface area (TPSA) is 60.9 Å². The van der Waals surface area contributed by atoms with Gasteiger partial charge in [-0.25, -0.2) is 0 Å². The van der Waals surface area contributed by atoms with Crippen LogP contribution >= 0.6 is 0 Å². The summed E-state index contributed by atoms with van der Waals surface area (Å²) in [6.45, 7) is 1.86. The van der Waals surface area contributed by atoms with Gasteiger partial charge in [0.1, 0.15) is 6.04 Å². The van der Waals surface area contributed by atoms with Crippen LogP contribution in [-0.4, -0.2) is 71.7 Å². The van der Waals surface area contributed by atoms with Gasteiger partial charge in [0.05, 0.1) is 11.1 Å². The molecule has 2 aliphatic heterocycles. The summed E-state index contributed by atoms with van der Waals surface area (Å²) in [7, 11) is 3.88. The van der Waals surface area contributed by atoms with Crippen LogP contribution in [-0.2, 0) is 11.2 Å². The summed E-state index contributed by atoms with van der Waals surface area (Å²) < 4.78 is 0. The zero-order chi connectivity index (χ0) is 21.3. The van der Waals surface area contributed by atoms with Crippen molar-refractivity contribution in [3.8, 4) is 0 Å². The molecule has 2 heterocycles. The number of piperidine rings is 1. The van der Waals surface area contributed by atoms with E-state index in [4.69, 9.17) is 0 Å². The lowest BCUT2D eigenvalue weighted by Gasteiger charge is -2.38. The number of hydrogen-bond acceptors (Lipinski definition) is 4. The third-order valence-electron chi connectivity index (χ3n) is 6.28. The molecule has 6 heteroatoms. The Balaban J connectivity index is 1.64. The Kier molecular flexibility index (Phi) is 5.68. The monoisotopic (exact) mass is 405 g/mol. The van der Waals surface area contributed by atoms with E-state index in [1.54, 1.807) is 36.2 Å². The molecule has 0 spiro atoms. The van der Waals surface area contributed by atoms with Crippen molar-refractivity contribution >= 4 is 17.7 Å². The summed E-state index contributed by atoms with van der Waals surface area (Å²) >= 11 is 0. The zero-order valence-corrected chi connectivity index (χ0v) is 17.5. The van der Waals surface area contributed by atoms with Crippen molar-refractivity contribution in [2.75, 3.05) is 27.2 Å². The number of likely N-dealkylation sites (N-methyl/N-ethyl adjacent to an activating group) is 1. The van der Waals surface area contributed by atoms with Gasteiger partial charge in [-0.1, -0.05) is 42.5 Å². The second-order valence-corrected chi connectivity index (χ2v) is 8.22. The fraction of sp³-hybridized carbons (Fsp3) is 0.375. The van der Waals surface area contributed by atoms with Gasteiger partial charge in [-0.15, -0.1) is 0 Å². The maximum Gasteiger partial charge on any atom is 0.262 e. The number of rotatable bonds is 5. The predicted octanol–water partition coefficient (Wildman–Crippen LogP) is 2.45. The van der Waals surface area contributed by atoms with Crippen molar-refractivity contribution in [1.29, 1.82) is 0 Å². The number of fused-ring (bicyclic) bond motifs is 1. The number of hydrogen-bond donors (Lipinski definition) is 0. The smallest absolute Gasteiger partial charge is 0.262 e. The van der Waals surface area contributed by atoms with E-state index in [1.165, 1.54) is 4.90 Å². The maximum absolute atomic E-state index is 13.6. The minimum absolute atomic E-state index is 0.113. The van der Waals surface area contributed by atoms with Gasteiger partial charge in [-0.2, -0.15) is 0 Å². The molecule has 0 aliphatic carbocycles. The van der Waals surface area contributed by atoms with Crippen molar-refractivity contribution in [2.24, 2.45) is 0 Å². The minimum Gasteiger partial charge on any atom is -0.341 e. The van der Waals surface area contributed by atoms with Crippen LogP contribution in [0, 0.1) is 0 Å². The Morgan fingerprint density at radius 2 is 1.50 bits per heavy atom. The van der Waals surface area contributed by atoms with Crippen LogP contribution < -0.4 is 0 Å². The van der Waals surface area contributed by atoms with Gasteiger partial charge in [0, 0.05) is 19.5 Å². The van der Waals surface area contributed by atoms with Crippen LogP contribution in [0.1, 0.15) is 39.1 Å². The summed E-state index contributed by atoms with van der Waals surface area (Å²) in [5, 5.41) is 0. The van der Waals surface area contributed by atoms with Crippen LogP contribution in [0.25, 0.3) is 0 Å². The lowest BCUT2D eigenvalue weighted by atomic mass is 9.99. The normalized spacial score (nSPS) is 18.4. The molecule has 0 aromatic heterocycles. The molecule has 2 aliphatic rings. The third-order valence-corrected chi connectivity index (χ3v) is 6.28. The molecule has 0 radical (unpaired) electrons. The highest BCUT2D eigenvalue weighted by Gasteiger charge is 2.44. The molecule has 4 rings (SSSR count). The molecular formula is C24H27N3O3. The van der Waals surface area contributed by atoms with Crippen molar-refractivity contribution in [2.45, 2.75) is 31.3 Å². The molecule has 2 aromatic rings. The number of imide groups is 1. The van der Waals surface area contributed by atoms with Gasteiger partial charge in [0.2, 0.25) is 5.91 Å². The largest absolute Gasteiger partial charge is 0.341 e. The molecule has 0 bridgehead atoms. The van der Waals surface area contributed by atoms with Gasteiger partial charge in [-0.05, 0) is 50.7 Å². The van der Waals surface area contributed by atoms with E-state index in [0.29, 0.717) is 17.5 Å². The number of carbonyl (C=O) groups excluding carboxylic acids is 3. The second kappa shape index (κ2) is 8.40. The summed E-state index contributed by atoms with van der Waals surface area (Å²) in [6, 6.07) is 15.6. The Bertz CT molecular complexity index is 916. The molecule has 3 amide bonds. The van der Waals surface area contributed by atoms with Crippen LogP contribution in [0.15, 0.2) is 54.6 Å². The SMILES string of the molecule is CN1CCC(N(C)C(=O)[C@@H](Cc2ccccc2)N2C(=O)c3ccccc3C2=O)CC1. The van der Waals surface area contributed by atoms with E-state index in [-0.39, 0.29) is 23.8 Å². The molecule has 6 nitrogen and oxygen atoms in total. The summed E-state index contributed by atoms with van der Waals surface area (Å²) in [5.74, 6) is -0.953. The molecule has 0 unspecified atom stereocenters. The lowest BCUT2D eigenvalue weighted by molar-refractivity contribution is -0.137. The molecule has 30 heavy (non-hydrogen) atoms.